The van der Waals surface area contributed by atoms with Crippen LogP contribution in [0.15, 0.2) is 36.4 Å². The Morgan fingerprint density at radius 3 is 1.66 bits per heavy atom. The smallest absolute Gasteiger partial charge is 0.336 e. The van der Waals surface area contributed by atoms with Crippen LogP contribution in [0.2, 0.25) is 5.02 Å². The Kier molecular flexibility index (Phi) is 8.44. The molecule has 0 saturated heterocycles. The van der Waals surface area contributed by atoms with Crippen LogP contribution in [0.3, 0.4) is 0 Å². The van der Waals surface area contributed by atoms with Crippen molar-refractivity contribution in [2.45, 2.75) is 71.6 Å². The van der Waals surface area contributed by atoms with Crippen molar-refractivity contribution in [1.82, 2.24) is 0 Å². The fourth-order valence-electron chi connectivity index (χ4n) is 3.95. The van der Waals surface area contributed by atoms with Gasteiger partial charge in [0, 0.05) is 10.6 Å². The predicted octanol–water partition coefficient (Wildman–Crippen LogP) is 5.89. The molecule has 0 atom stereocenters. The predicted molar refractivity (Wildman–Crippen MR) is 136 cm³/mol. The lowest BCUT2D eigenvalue weighted by Gasteiger charge is -2.33. The second-order valence-corrected chi connectivity index (χ2v) is 10.9. The summed E-state index contributed by atoms with van der Waals surface area (Å²) in [7, 11) is 0. The minimum absolute atomic E-state index is 0.0468. The molecule has 2 aromatic carbocycles. The van der Waals surface area contributed by atoms with Gasteiger partial charge in [0.1, 0.15) is 5.75 Å². The maximum absolute atomic E-state index is 14.1. The molecule has 0 aliphatic heterocycles. The Bertz CT molecular complexity index is 1070. The fourth-order valence-corrected chi connectivity index (χ4v) is 4.15. The molecule has 7 heteroatoms. The Hall–Kier alpha value is -2.86. The van der Waals surface area contributed by atoms with Gasteiger partial charge in [-0.2, -0.15) is 0 Å². The number of ether oxygens (including phenoxy) is 2. The number of benzene rings is 2. The van der Waals surface area contributed by atoms with Gasteiger partial charge < -0.3 is 14.6 Å². The Morgan fingerprint density at radius 1 is 0.829 bits per heavy atom. The number of hydrogen-bond donors (Lipinski definition) is 1. The summed E-state index contributed by atoms with van der Waals surface area (Å²) in [6.07, 6.45) is 0. The average molecular weight is 503 g/mol. The van der Waals surface area contributed by atoms with Gasteiger partial charge >= 0.3 is 11.9 Å². The molecule has 0 fully saturated rings. The second kappa shape index (κ2) is 10.4. The molecule has 35 heavy (non-hydrogen) atoms. The highest BCUT2D eigenvalue weighted by Crippen LogP contribution is 2.44. The fraction of sp³-hybridized carbons (Fsp3) is 0.464. The number of phenols is 1. The normalized spacial score (nSPS) is 12.3. The van der Waals surface area contributed by atoms with E-state index in [1.54, 1.807) is 26.0 Å². The van der Waals surface area contributed by atoms with Crippen molar-refractivity contribution < 1.29 is 29.0 Å². The molecule has 0 heterocycles. The van der Waals surface area contributed by atoms with E-state index >= 15 is 0 Å². The van der Waals surface area contributed by atoms with Gasteiger partial charge in [-0.25, -0.2) is 9.59 Å². The van der Waals surface area contributed by atoms with Gasteiger partial charge in [-0.1, -0.05) is 65.3 Å². The molecule has 0 bridgehead atoms. The maximum atomic E-state index is 14.1. The molecule has 1 N–H and O–H groups in total. The van der Waals surface area contributed by atoms with E-state index in [1.807, 2.05) is 41.5 Å². The van der Waals surface area contributed by atoms with E-state index in [4.69, 9.17) is 21.1 Å². The monoisotopic (exact) mass is 502 g/mol. The molecular weight excluding hydrogens is 468 g/mol. The van der Waals surface area contributed by atoms with Crippen molar-refractivity contribution in [3.05, 3.63) is 63.7 Å². The molecule has 0 aromatic heterocycles. The minimum atomic E-state index is -2.45. The number of carbonyl (C=O) groups is 3. The van der Waals surface area contributed by atoms with E-state index in [1.165, 1.54) is 24.3 Å². The van der Waals surface area contributed by atoms with Gasteiger partial charge in [0.15, 0.2) is 5.78 Å². The van der Waals surface area contributed by atoms with Gasteiger partial charge in [0.05, 0.1) is 13.2 Å². The molecule has 2 rings (SSSR count). The van der Waals surface area contributed by atoms with Crippen molar-refractivity contribution in [2.75, 3.05) is 13.2 Å². The highest BCUT2D eigenvalue weighted by molar-refractivity contribution is 6.33. The van der Waals surface area contributed by atoms with Crippen LogP contribution in [0.25, 0.3) is 0 Å². The number of hydrogen-bond acceptors (Lipinski definition) is 6. The van der Waals surface area contributed by atoms with E-state index in [0.29, 0.717) is 11.1 Å². The van der Waals surface area contributed by atoms with Gasteiger partial charge in [-0.15, -0.1) is 0 Å². The minimum Gasteiger partial charge on any atom is -0.507 e. The van der Waals surface area contributed by atoms with E-state index in [9.17, 15) is 19.5 Å². The summed E-state index contributed by atoms with van der Waals surface area (Å²) in [4.78, 5) is 41.4. The third-order valence-corrected chi connectivity index (χ3v) is 5.98. The second-order valence-electron chi connectivity index (χ2n) is 10.5. The molecule has 0 saturated carbocycles. The molecule has 2 aromatic rings. The van der Waals surface area contributed by atoms with Crippen LogP contribution >= 0.6 is 11.6 Å². The van der Waals surface area contributed by atoms with Crippen molar-refractivity contribution in [2.24, 2.45) is 0 Å². The first-order chi connectivity index (χ1) is 16.1. The molecule has 0 amide bonds. The Morgan fingerprint density at radius 2 is 1.29 bits per heavy atom. The van der Waals surface area contributed by atoms with E-state index in [2.05, 4.69) is 0 Å². The molecule has 0 aliphatic rings. The van der Waals surface area contributed by atoms with E-state index < -0.39 is 34.0 Å². The van der Waals surface area contributed by atoms with Gasteiger partial charge in [0.2, 0.25) is 0 Å². The quantitative estimate of drug-likeness (QED) is 0.288. The van der Waals surface area contributed by atoms with Crippen molar-refractivity contribution in [3.63, 3.8) is 0 Å². The van der Waals surface area contributed by atoms with Gasteiger partial charge in [-0.3, -0.25) is 4.79 Å². The summed E-state index contributed by atoms with van der Waals surface area (Å²) < 4.78 is 10.7. The first kappa shape index (κ1) is 28.4. The van der Waals surface area contributed by atoms with E-state index in [0.717, 1.165) is 0 Å². The van der Waals surface area contributed by atoms with Crippen molar-refractivity contribution >= 4 is 29.3 Å². The summed E-state index contributed by atoms with van der Waals surface area (Å²) in [5.74, 6) is -2.87. The van der Waals surface area contributed by atoms with Gasteiger partial charge in [-0.05, 0) is 65.6 Å². The lowest BCUT2D eigenvalue weighted by atomic mass is 9.69. The number of phenolic OH excluding ortho intramolecular Hbond substituents is 1. The number of ketones is 1. The van der Waals surface area contributed by atoms with Crippen LogP contribution in [0, 0.1) is 0 Å². The molecule has 0 spiro atoms. The number of halogens is 1. The summed E-state index contributed by atoms with van der Waals surface area (Å²) in [6, 6.07) is 9.09. The van der Waals surface area contributed by atoms with Crippen LogP contribution in [-0.2, 0) is 35.3 Å². The number of carbonyl (C=O) groups excluding carboxylic acids is 3. The van der Waals surface area contributed by atoms with Crippen LogP contribution < -0.4 is 0 Å². The van der Waals surface area contributed by atoms with Crippen LogP contribution in [0.5, 0.6) is 5.75 Å². The average Bonchev–Trinajstić information content (AvgIpc) is 2.73. The largest absolute Gasteiger partial charge is 0.507 e. The number of rotatable bonds is 7. The maximum Gasteiger partial charge on any atom is 0.336 e. The third-order valence-electron chi connectivity index (χ3n) is 5.75. The highest BCUT2D eigenvalue weighted by atomic mass is 35.5. The van der Waals surface area contributed by atoms with Gasteiger partial charge in [0.25, 0.3) is 5.41 Å². The molecule has 0 unspecified atom stereocenters. The number of aromatic hydroxyl groups is 1. The molecule has 190 valence electrons. The summed E-state index contributed by atoms with van der Waals surface area (Å²) in [6.45, 7) is 14.5. The zero-order valence-corrected chi connectivity index (χ0v) is 22.5. The standard InChI is InChI=1S/C28H35ClO6/c1-9-34-24(32)28(25(33)35-10-2,23(31)17-12-11-13-19(29)14-17)18-15-20(26(3,4)5)22(30)21(16-18)27(6,7)8/h11-16,30H,9-10H2,1-8H3. The zero-order valence-electron chi connectivity index (χ0n) is 21.7. The molecular formula is C28H35ClO6. The summed E-state index contributed by atoms with van der Waals surface area (Å²) in [5.41, 5.74) is -2.51. The van der Waals surface area contributed by atoms with E-state index in [-0.39, 0.29) is 35.1 Å². The van der Waals surface area contributed by atoms with Crippen molar-refractivity contribution in [3.8, 4) is 5.75 Å². The third kappa shape index (κ3) is 5.53. The molecule has 6 nitrogen and oxygen atoms in total. The first-order valence-corrected chi connectivity index (χ1v) is 12.0. The summed E-state index contributed by atoms with van der Waals surface area (Å²) >= 11 is 6.14. The Balaban J connectivity index is 3.11. The van der Waals surface area contributed by atoms with Crippen LogP contribution in [0.4, 0.5) is 0 Å². The van der Waals surface area contributed by atoms with Crippen LogP contribution in [-0.4, -0.2) is 36.0 Å². The molecule has 0 radical (unpaired) electrons. The number of Topliss-reactive ketones (excluding diaryl/α,β-unsaturated/α-hetero) is 1. The first-order valence-electron chi connectivity index (χ1n) is 11.7. The topological polar surface area (TPSA) is 89.9 Å². The van der Waals surface area contributed by atoms with Crippen molar-refractivity contribution in [1.29, 1.82) is 0 Å². The van der Waals surface area contributed by atoms with Crippen LogP contribution in [0.1, 0.15) is 82.4 Å². The lowest BCUT2D eigenvalue weighted by molar-refractivity contribution is -0.161. The Labute approximate surface area is 212 Å². The lowest BCUT2D eigenvalue weighted by Crippen LogP contribution is -2.53. The highest BCUT2D eigenvalue weighted by Gasteiger charge is 2.58. The molecule has 0 aliphatic carbocycles. The number of esters is 2. The SMILES string of the molecule is CCOC(=O)C(C(=O)OCC)(C(=O)c1cccc(Cl)c1)c1cc(C(C)(C)C)c(O)c(C(C)(C)C)c1. The zero-order chi connectivity index (χ0) is 26.8. The summed E-state index contributed by atoms with van der Waals surface area (Å²) in [5, 5.41) is 11.5.